The molecule has 1 aromatic heterocycles. The van der Waals surface area contributed by atoms with Gasteiger partial charge in [-0.3, -0.25) is 0 Å². The minimum atomic E-state index is -0.883. The van der Waals surface area contributed by atoms with Gasteiger partial charge in [0.25, 0.3) is 0 Å². The van der Waals surface area contributed by atoms with Crippen LogP contribution in [0.3, 0.4) is 0 Å². The molecule has 1 N–H and O–H groups in total. The Morgan fingerprint density at radius 3 is 2.53 bits per heavy atom. The van der Waals surface area contributed by atoms with E-state index in [1.165, 1.54) is 6.07 Å². The zero-order chi connectivity index (χ0) is 23.1. The molecule has 0 radical (unpaired) electrons. The molecule has 2 aromatic carbocycles. The standard InChI is InChI=1S/C25H27NO6/c1-4-9-18-14-22(27)32-23-16(3)21(13-12-19(18)23)31-24(28)20(5-2)26-25(29)30-15-17-10-7-6-8-11-17/h6-8,10-14,20H,4-5,9,15H2,1-3H3,(H,26,29)/t20-/m0/s1. The number of aryl methyl sites for hydroxylation is 2. The fourth-order valence-corrected chi connectivity index (χ4v) is 3.41. The van der Waals surface area contributed by atoms with Gasteiger partial charge in [0.05, 0.1) is 0 Å². The van der Waals surface area contributed by atoms with Crippen LogP contribution in [-0.4, -0.2) is 18.1 Å². The van der Waals surface area contributed by atoms with Gasteiger partial charge in [-0.05, 0) is 43.0 Å². The Balaban J connectivity index is 1.71. The molecule has 168 valence electrons. The molecule has 1 heterocycles. The van der Waals surface area contributed by atoms with Crippen molar-refractivity contribution in [1.29, 1.82) is 0 Å². The van der Waals surface area contributed by atoms with Crippen LogP contribution in [0.25, 0.3) is 11.0 Å². The molecule has 0 unspecified atom stereocenters. The van der Waals surface area contributed by atoms with Gasteiger partial charge in [0.15, 0.2) is 0 Å². The Bertz CT molecular complexity index is 1150. The Hall–Kier alpha value is -3.61. The first-order valence-corrected chi connectivity index (χ1v) is 10.7. The second-order valence-electron chi connectivity index (χ2n) is 7.49. The van der Waals surface area contributed by atoms with Crippen molar-refractivity contribution in [1.82, 2.24) is 5.32 Å². The maximum Gasteiger partial charge on any atom is 0.408 e. The number of esters is 1. The Labute approximate surface area is 186 Å². The van der Waals surface area contributed by atoms with E-state index in [2.05, 4.69) is 5.32 Å². The molecule has 0 aliphatic heterocycles. The average molecular weight is 437 g/mol. The van der Waals surface area contributed by atoms with Gasteiger partial charge in [0.2, 0.25) is 0 Å². The summed E-state index contributed by atoms with van der Waals surface area (Å²) < 4.78 is 16.1. The molecular formula is C25H27NO6. The Kier molecular flexibility index (Phi) is 7.65. The normalized spacial score (nSPS) is 11.7. The second kappa shape index (κ2) is 10.6. The fraction of sp³-hybridized carbons (Fsp3) is 0.320. The number of carbonyl (C=O) groups excluding carboxylic acids is 2. The summed E-state index contributed by atoms with van der Waals surface area (Å²) in [7, 11) is 0. The molecule has 0 bridgehead atoms. The highest BCUT2D eigenvalue weighted by Crippen LogP contribution is 2.29. The predicted molar refractivity (Wildman–Crippen MR) is 121 cm³/mol. The van der Waals surface area contributed by atoms with Crippen LogP contribution in [0.2, 0.25) is 0 Å². The first kappa shape index (κ1) is 23.1. The lowest BCUT2D eigenvalue weighted by atomic mass is 10.0. The largest absolute Gasteiger partial charge is 0.445 e. The van der Waals surface area contributed by atoms with Crippen LogP contribution in [0.1, 0.15) is 43.4 Å². The van der Waals surface area contributed by atoms with Gasteiger partial charge in [0, 0.05) is 17.0 Å². The van der Waals surface area contributed by atoms with Crippen LogP contribution in [0, 0.1) is 6.92 Å². The third-order valence-corrected chi connectivity index (χ3v) is 5.12. The van der Waals surface area contributed by atoms with E-state index < -0.39 is 23.7 Å². The van der Waals surface area contributed by atoms with E-state index in [1.807, 2.05) is 37.3 Å². The molecule has 0 aliphatic rings. The lowest BCUT2D eigenvalue weighted by Crippen LogP contribution is -2.42. The number of hydrogen-bond donors (Lipinski definition) is 1. The summed E-state index contributed by atoms with van der Waals surface area (Å²) in [4.78, 5) is 36.8. The molecule has 1 amide bonds. The number of rotatable bonds is 8. The molecule has 3 aromatic rings. The van der Waals surface area contributed by atoms with E-state index in [1.54, 1.807) is 26.0 Å². The maximum atomic E-state index is 12.7. The van der Waals surface area contributed by atoms with Crippen molar-refractivity contribution in [3.63, 3.8) is 0 Å². The molecule has 3 rings (SSSR count). The molecule has 0 fully saturated rings. The quantitative estimate of drug-likeness (QED) is 0.313. The van der Waals surface area contributed by atoms with Crippen LogP contribution in [0.15, 0.2) is 57.7 Å². The monoisotopic (exact) mass is 437 g/mol. The zero-order valence-electron chi connectivity index (χ0n) is 18.5. The van der Waals surface area contributed by atoms with E-state index >= 15 is 0 Å². The van der Waals surface area contributed by atoms with Crippen molar-refractivity contribution < 1.29 is 23.5 Å². The van der Waals surface area contributed by atoms with E-state index in [4.69, 9.17) is 13.9 Å². The van der Waals surface area contributed by atoms with Gasteiger partial charge in [0.1, 0.15) is 24.0 Å². The van der Waals surface area contributed by atoms with Crippen LogP contribution in [0.4, 0.5) is 4.79 Å². The van der Waals surface area contributed by atoms with Crippen molar-refractivity contribution in [2.45, 2.75) is 52.7 Å². The number of nitrogens with one attached hydrogen (secondary N) is 1. The highest BCUT2D eigenvalue weighted by Gasteiger charge is 2.23. The van der Waals surface area contributed by atoms with E-state index in [0.717, 1.165) is 29.4 Å². The highest BCUT2D eigenvalue weighted by atomic mass is 16.6. The van der Waals surface area contributed by atoms with Crippen LogP contribution >= 0.6 is 0 Å². The summed E-state index contributed by atoms with van der Waals surface area (Å²) in [6.45, 7) is 5.62. The highest BCUT2D eigenvalue weighted by molar-refractivity contribution is 5.87. The molecule has 0 aliphatic carbocycles. The molecule has 7 nitrogen and oxygen atoms in total. The number of hydrogen-bond acceptors (Lipinski definition) is 6. The molecule has 7 heteroatoms. The van der Waals surface area contributed by atoms with Gasteiger partial charge >= 0.3 is 17.7 Å². The van der Waals surface area contributed by atoms with Gasteiger partial charge in [-0.15, -0.1) is 0 Å². The van der Waals surface area contributed by atoms with Gasteiger partial charge < -0.3 is 19.2 Å². The minimum absolute atomic E-state index is 0.0983. The van der Waals surface area contributed by atoms with Crippen LogP contribution < -0.4 is 15.7 Å². The van der Waals surface area contributed by atoms with Crippen molar-refractivity contribution >= 4 is 23.0 Å². The van der Waals surface area contributed by atoms with Crippen molar-refractivity contribution in [3.8, 4) is 5.75 Å². The molecular weight excluding hydrogens is 410 g/mol. The van der Waals surface area contributed by atoms with Gasteiger partial charge in [-0.2, -0.15) is 0 Å². The average Bonchev–Trinajstić information content (AvgIpc) is 2.79. The van der Waals surface area contributed by atoms with Crippen molar-refractivity contribution in [2.75, 3.05) is 0 Å². The summed E-state index contributed by atoms with van der Waals surface area (Å²) in [5, 5.41) is 3.36. The summed E-state index contributed by atoms with van der Waals surface area (Å²) in [5.41, 5.74) is 2.24. The van der Waals surface area contributed by atoms with E-state index in [9.17, 15) is 14.4 Å². The third-order valence-electron chi connectivity index (χ3n) is 5.12. The molecule has 0 spiro atoms. The first-order valence-electron chi connectivity index (χ1n) is 10.7. The minimum Gasteiger partial charge on any atom is -0.445 e. The topological polar surface area (TPSA) is 94.8 Å². The van der Waals surface area contributed by atoms with Crippen LogP contribution in [0.5, 0.6) is 5.75 Å². The number of carbonyl (C=O) groups is 2. The van der Waals surface area contributed by atoms with E-state index in [-0.39, 0.29) is 12.4 Å². The first-order chi connectivity index (χ1) is 15.4. The third kappa shape index (κ3) is 5.55. The maximum absolute atomic E-state index is 12.7. The molecule has 32 heavy (non-hydrogen) atoms. The molecule has 1 atom stereocenters. The summed E-state index contributed by atoms with van der Waals surface area (Å²) >= 11 is 0. The number of amides is 1. The van der Waals surface area contributed by atoms with Crippen molar-refractivity contribution in [2.24, 2.45) is 0 Å². The number of benzene rings is 2. The number of alkyl carbamates (subject to hydrolysis) is 1. The Morgan fingerprint density at radius 2 is 1.84 bits per heavy atom. The zero-order valence-corrected chi connectivity index (χ0v) is 18.5. The second-order valence-corrected chi connectivity index (χ2v) is 7.49. The Morgan fingerprint density at radius 1 is 1.09 bits per heavy atom. The summed E-state index contributed by atoms with van der Waals surface area (Å²) in [6, 6.07) is 13.3. The van der Waals surface area contributed by atoms with Gasteiger partial charge in [-0.25, -0.2) is 14.4 Å². The smallest absolute Gasteiger partial charge is 0.408 e. The lowest BCUT2D eigenvalue weighted by Gasteiger charge is -2.17. The van der Waals surface area contributed by atoms with Crippen molar-refractivity contribution in [3.05, 3.63) is 75.6 Å². The summed E-state index contributed by atoms with van der Waals surface area (Å²) in [5.74, 6) is -0.351. The predicted octanol–water partition coefficient (Wildman–Crippen LogP) is 4.66. The molecule has 0 saturated carbocycles. The summed E-state index contributed by atoms with van der Waals surface area (Å²) in [6.07, 6.45) is 1.25. The van der Waals surface area contributed by atoms with E-state index in [0.29, 0.717) is 17.6 Å². The lowest BCUT2D eigenvalue weighted by molar-refractivity contribution is -0.136. The fourth-order valence-electron chi connectivity index (χ4n) is 3.41. The van der Waals surface area contributed by atoms with Crippen LogP contribution in [-0.2, 0) is 22.6 Å². The number of ether oxygens (including phenoxy) is 2. The van der Waals surface area contributed by atoms with Gasteiger partial charge in [-0.1, -0.05) is 50.6 Å². The SMILES string of the molecule is CCCc1cc(=O)oc2c(C)c(OC(=O)[C@H](CC)NC(=O)OCc3ccccc3)ccc12. The molecule has 0 saturated heterocycles. The number of fused-ring (bicyclic) bond motifs is 1.